The highest BCUT2D eigenvalue weighted by Crippen LogP contribution is 2.27. The number of rotatable bonds is 4. The summed E-state index contributed by atoms with van der Waals surface area (Å²) in [5.41, 5.74) is 5.55. The zero-order chi connectivity index (χ0) is 9.80. The lowest BCUT2D eigenvalue weighted by molar-refractivity contribution is 0.102. The minimum Gasteiger partial charge on any atom is -0.329 e. The van der Waals surface area contributed by atoms with Gasteiger partial charge in [-0.3, -0.25) is 4.90 Å². The lowest BCUT2D eigenvalue weighted by Crippen LogP contribution is -2.49. The van der Waals surface area contributed by atoms with Gasteiger partial charge in [-0.05, 0) is 18.8 Å². The molecule has 0 amide bonds. The Hall–Kier alpha value is -0.120. The second-order valence-electron chi connectivity index (χ2n) is 4.73. The fourth-order valence-electron chi connectivity index (χ4n) is 2.42. The molecule has 82 valence electrons. The van der Waals surface area contributed by atoms with Gasteiger partial charge in [0.2, 0.25) is 0 Å². The van der Waals surface area contributed by atoms with Crippen molar-refractivity contribution in [1.29, 1.82) is 0 Å². The molecule has 3 nitrogen and oxygen atoms in total. The Kier molecular flexibility index (Phi) is 3.79. The van der Waals surface area contributed by atoms with Crippen LogP contribution in [0.2, 0.25) is 0 Å². The predicted molar refractivity (Wildman–Crippen MR) is 59.3 cm³/mol. The van der Waals surface area contributed by atoms with Crippen LogP contribution in [0.1, 0.15) is 19.3 Å². The fraction of sp³-hybridized carbons (Fsp3) is 1.00. The topological polar surface area (TPSA) is 32.5 Å². The Morgan fingerprint density at radius 3 is 2.14 bits per heavy atom. The first-order valence-electron chi connectivity index (χ1n) is 6.03. The summed E-state index contributed by atoms with van der Waals surface area (Å²) in [6.45, 7) is 8.22. The smallest absolute Gasteiger partial charge is 0.0110 e. The highest BCUT2D eigenvalue weighted by Gasteiger charge is 2.23. The third-order valence-corrected chi connectivity index (χ3v) is 3.65. The molecule has 14 heavy (non-hydrogen) atoms. The lowest BCUT2D eigenvalue weighted by atomic mass is 9.85. The maximum absolute atomic E-state index is 5.55. The van der Waals surface area contributed by atoms with E-state index in [0.717, 1.165) is 19.0 Å². The molecule has 1 aliphatic carbocycles. The summed E-state index contributed by atoms with van der Waals surface area (Å²) in [6.07, 6.45) is 4.42. The van der Waals surface area contributed by atoms with E-state index >= 15 is 0 Å². The molecule has 0 aromatic heterocycles. The Labute approximate surface area is 87.2 Å². The van der Waals surface area contributed by atoms with Crippen molar-refractivity contribution in [2.45, 2.75) is 19.3 Å². The third-order valence-electron chi connectivity index (χ3n) is 3.65. The van der Waals surface area contributed by atoms with Crippen molar-refractivity contribution in [2.24, 2.45) is 11.7 Å². The number of nitrogens with two attached hydrogens (primary N) is 1. The molecule has 2 N–H and O–H groups in total. The molecule has 1 heterocycles. The summed E-state index contributed by atoms with van der Waals surface area (Å²) in [6, 6.07) is 0. The van der Waals surface area contributed by atoms with Crippen LogP contribution in [-0.2, 0) is 0 Å². The van der Waals surface area contributed by atoms with E-state index in [1.165, 1.54) is 52.0 Å². The molecule has 1 saturated heterocycles. The highest BCUT2D eigenvalue weighted by atomic mass is 15.3. The maximum Gasteiger partial charge on any atom is 0.0110 e. The summed E-state index contributed by atoms with van der Waals surface area (Å²) in [7, 11) is 0. The Bertz CT molecular complexity index is 160. The number of nitrogens with zero attached hydrogens (tertiary/aromatic N) is 2. The van der Waals surface area contributed by atoms with E-state index in [1.807, 2.05) is 0 Å². The summed E-state index contributed by atoms with van der Waals surface area (Å²) < 4.78 is 0. The molecule has 3 heteroatoms. The van der Waals surface area contributed by atoms with E-state index in [-0.39, 0.29) is 0 Å². The van der Waals surface area contributed by atoms with Gasteiger partial charge < -0.3 is 10.6 Å². The fourth-order valence-corrected chi connectivity index (χ4v) is 2.42. The van der Waals surface area contributed by atoms with E-state index in [4.69, 9.17) is 5.73 Å². The van der Waals surface area contributed by atoms with Crippen molar-refractivity contribution in [3.8, 4) is 0 Å². The van der Waals surface area contributed by atoms with E-state index in [0.29, 0.717) is 0 Å². The van der Waals surface area contributed by atoms with Gasteiger partial charge in [-0.1, -0.05) is 6.42 Å². The van der Waals surface area contributed by atoms with Crippen molar-refractivity contribution < 1.29 is 0 Å². The molecule has 2 fully saturated rings. The normalized spacial score (nSPS) is 26.4. The molecular weight excluding hydrogens is 174 g/mol. The average Bonchev–Trinajstić information content (AvgIpc) is 2.14. The minimum atomic E-state index is 0.808. The highest BCUT2D eigenvalue weighted by molar-refractivity contribution is 4.78. The van der Waals surface area contributed by atoms with Crippen molar-refractivity contribution in [1.82, 2.24) is 9.80 Å². The van der Waals surface area contributed by atoms with Gasteiger partial charge >= 0.3 is 0 Å². The van der Waals surface area contributed by atoms with Crippen LogP contribution in [-0.4, -0.2) is 55.6 Å². The van der Waals surface area contributed by atoms with Crippen molar-refractivity contribution in [2.75, 3.05) is 45.8 Å². The third kappa shape index (κ3) is 2.69. The number of piperazine rings is 1. The first kappa shape index (κ1) is 10.4. The van der Waals surface area contributed by atoms with Crippen LogP contribution in [0, 0.1) is 5.92 Å². The number of hydrogen-bond donors (Lipinski definition) is 1. The van der Waals surface area contributed by atoms with Crippen LogP contribution >= 0.6 is 0 Å². The van der Waals surface area contributed by atoms with Gasteiger partial charge in [0, 0.05) is 45.8 Å². The number of hydrogen-bond acceptors (Lipinski definition) is 3. The van der Waals surface area contributed by atoms with Gasteiger partial charge in [-0.25, -0.2) is 0 Å². The van der Waals surface area contributed by atoms with Crippen molar-refractivity contribution >= 4 is 0 Å². The average molecular weight is 197 g/mol. The SMILES string of the molecule is NCCN1CCN(CC2CCC2)CC1. The van der Waals surface area contributed by atoms with Crippen LogP contribution in [0.15, 0.2) is 0 Å². The molecule has 0 aromatic carbocycles. The first-order valence-corrected chi connectivity index (χ1v) is 6.03. The Morgan fingerprint density at radius 1 is 1.00 bits per heavy atom. The van der Waals surface area contributed by atoms with Crippen LogP contribution < -0.4 is 5.73 Å². The molecule has 0 atom stereocenters. The van der Waals surface area contributed by atoms with Crippen molar-refractivity contribution in [3.63, 3.8) is 0 Å². The lowest BCUT2D eigenvalue weighted by Gasteiger charge is -2.38. The van der Waals surface area contributed by atoms with Crippen LogP contribution in [0.25, 0.3) is 0 Å². The standard InChI is InChI=1S/C11H23N3/c12-4-5-13-6-8-14(9-7-13)10-11-2-1-3-11/h11H,1-10,12H2. The molecule has 0 radical (unpaired) electrons. The molecule has 0 spiro atoms. The Morgan fingerprint density at radius 2 is 1.64 bits per heavy atom. The second kappa shape index (κ2) is 5.10. The summed E-state index contributed by atoms with van der Waals surface area (Å²) >= 11 is 0. The zero-order valence-electron chi connectivity index (χ0n) is 9.12. The zero-order valence-corrected chi connectivity index (χ0v) is 9.12. The van der Waals surface area contributed by atoms with E-state index in [2.05, 4.69) is 9.80 Å². The molecule has 1 saturated carbocycles. The predicted octanol–water partition coefficient (Wildman–Crippen LogP) is 0.363. The molecule has 0 aromatic rings. The molecular formula is C11H23N3. The van der Waals surface area contributed by atoms with Gasteiger partial charge in [0.25, 0.3) is 0 Å². The van der Waals surface area contributed by atoms with Gasteiger partial charge in [0.05, 0.1) is 0 Å². The van der Waals surface area contributed by atoms with Crippen molar-refractivity contribution in [3.05, 3.63) is 0 Å². The summed E-state index contributed by atoms with van der Waals surface area (Å²) in [5.74, 6) is 1.02. The first-order chi connectivity index (χ1) is 6.88. The Balaban J connectivity index is 1.62. The molecule has 2 rings (SSSR count). The monoisotopic (exact) mass is 197 g/mol. The largest absolute Gasteiger partial charge is 0.329 e. The molecule has 0 unspecified atom stereocenters. The van der Waals surface area contributed by atoms with Crippen LogP contribution in [0.3, 0.4) is 0 Å². The van der Waals surface area contributed by atoms with Gasteiger partial charge in [-0.2, -0.15) is 0 Å². The van der Waals surface area contributed by atoms with E-state index < -0.39 is 0 Å². The summed E-state index contributed by atoms with van der Waals surface area (Å²) in [4.78, 5) is 5.12. The quantitative estimate of drug-likeness (QED) is 0.706. The molecule has 1 aliphatic heterocycles. The van der Waals surface area contributed by atoms with Crippen LogP contribution in [0.4, 0.5) is 0 Å². The summed E-state index contributed by atoms with van der Waals surface area (Å²) in [5, 5.41) is 0. The maximum atomic E-state index is 5.55. The van der Waals surface area contributed by atoms with Gasteiger partial charge in [0.1, 0.15) is 0 Å². The molecule has 2 aliphatic rings. The van der Waals surface area contributed by atoms with E-state index in [9.17, 15) is 0 Å². The van der Waals surface area contributed by atoms with E-state index in [1.54, 1.807) is 0 Å². The molecule has 0 bridgehead atoms. The minimum absolute atomic E-state index is 0.808. The van der Waals surface area contributed by atoms with Gasteiger partial charge in [0.15, 0.2) is 0 Å². The van der Waals surface area contributed by atoms with Gasteiger partial charge in [-0.15, -0.1) is 0 Å². The second-order valence-corrected chi connectivity index (χ2v) is 4.73. The van der Waals surface area contributed by atoms with Crippen LogP contribution in [0.5, 0.6) is 0 Å².